The molecule has 0 aliphatic rings. The number of nitrogens with one attached hydrogen (secondary N) is 1. The first kappa shape index (κ1) is 26.1. The number of carboxylic acid groups (broad SMARTS) is 1. The zero-order chi connectivity index (χ0) is 24.8. The van der Waals surface area contributed by atoms with Crippen molar-refractivity contribution in [1.82, 2.24) is 10.2 Å². The fourth-order valence-corrected chi connectivity index (χ4v) is 3.37. The maximum Gasteiger partial charge on any atom is 0.337 e. The Morgan fingerprint density at radius 2 is 1.70 bits per heavy atom. The summed E-state index contributed by atoms with van der Waals surface area (Å²) in [6.07, 6.45) is -1.53. The number of fused-ring (bicyclic) bond motifs is 1. The molecule has 0 saturated carbocycles. The van der Waals surface area contributed by atoms with Crippen LogP contribution in [0, 0.1) is 5.92 Å². The number of carboxylic acids is 1. The summed E-state index contributed by atoms with van der Waals surface area (Å²) in [5.74, 6) is -2.26. The number of aliphatic hydroxyl groups excluding tert-OH is 1. The number of aliphatic hydroxyl groups is 1. The van der Waals surface area contributed by atoms with Crippen LogP contribution >= 0.6 is 0 Å². The van der Waals surface area contributed by atoms with E-state index in [0.29, 0.717) is 0 Å². The summed E-state index contributed by atoms with van der Waals surface area (Å²) in [5.41, 5.74) is -0.0595. The highest BCUT2D eigenvalue weighted by molar-refractivity contribution is 5.85. The van der Waals surface area contributed by atoms with E-state index >= 15 is 0 Å². The van der Waals surface area contributed by atoms with Crippen molar-refractivity contribution in [3.8, 4) is 0 Å². The normalized spacial score (nSPS) is 13.4. The van der Waals surface area contributed by atoms with Crippen LogP contribution in [0.5, 0.6) is 0 Å². The Kier molecular flexibility index (Phi) is 8.82. The minimum atomic E-state index is -1.56. The van der Waals surface area contributed by atoms with E-state index in [0.717, 1.165) is 16.3 Å². The molecule has 0 aromatic heterocycles. The first-order chi connectivity index (χ1) is 15.4. The number of esters is 1. The van der Waals surface area contributed by atoms with Crippen molar-refractivity contribution in [1.29, 1.82) is 0 Å². The molecule has 2 aromatic carbocycles. The molecular formula is C25H33N2O6-. The Morgan fingerprint density at radius 1 is 1.06 bits per heavy atom. The molecule has 0 aliphatic carbocycles. The highest BCUT2D eigenvalue weighted by Crippen LogP contribution is 2.17. The Balaban J connectivity index is 2.12. The molecule has 1 unspecified atom stereocenters. The lowest BCUT2D eigenvalue weighted by atomic mass is 10.0. The molecule has 33 heavy (non-hydrogen) atoms. The van der Waals surface area contributed by atoms with Crippen molar-refractivity contribution < 1.29 is 29.3 Å². The third kappa shape index (κ3) is 8.38. The Morgan fingerprint density at radius 3 is 2.27 bits per heavy atom. The summed E-state index contributed by atoms with van der Waals surface area (Å²) in [4.78, 5) is 38.0. The van der Waals surface area contributed by atoms with Gasteiger partial charge < -0.3 is 30.0 Å². The Hall–Kier alpha value is -3.13. The van der Waals surface area contributed by atoms with Gasteiger partial charge in [0.15, 0.2) is 6.10 Å². The summed E-state index contributed by atoms with van der Waals surface area (Å²) >= 11 is 0. The number of benzene rings is 2. The maximum atomic E-state index is 12.9. The van der Waals surface area contributed by atoms with E-state index in [2.05, 4.69) is 5.32 Å². The van der Waals surface area contributed by atoms with E-state index in [1.165, 1.54) is 4.90 Å². The van der Waals surface area contributed by atoms with Gasteiger partial charge in [-0.25, -0.2) is 9.59 Å². The van der Waals surface area contributed by atoms with E-state index in [1.54, 1.807) is 20.8 Å². The predicted octanol–water partition coefficient (Wildman–Crippen LogP) is 1.87. The lowest BCUT2D eigenvalue weighted by Gasteiger charge is -2.30. The SMILES string of the molecule is CC(C)CN(CC(O)C(=O)OC(C)(C)C)C(=O)N[C@@H](Cc1ccc2ccccc2c1)C(=O)[O-]. The molecule has 2 aromatic rings. The molecule has 8 nitrogen and oxygen atoms in total. The van der Waals surface area contributed by atoms with Gasteiger partial charge in [-0.05, 0) is 49.4 Å². The molecule has 0 radical (unpaired) electrons. The summed E-state index contributed by atoms with van der Waals surface area (Å²) < 4.78 is 5.17. The van der Waals surface area contributed by atoms with Gasteiger partial charge in [-0.15, -0.1) is 0 Å². The molecule has 2 rings (SSSR count). The Bertz CT molecular complexity index is 982. The van der Waals surface area contributed by atoms with Crippen molar-refractivity contribution in [2.45, 2.75) is 58.8 Å². The molecule has 0 fully saturated rings. The number of ether oxygens (including phenoxy) is 1. The molecule has 2 amide bonds. The van der Waals surface area contributed by atoms with Crippen molar-refractivity contribution >= 4 is 28.7 Å². The average molecular weight is 458 g/mol. The summed E-state index contributed by atoms with van der Waals surface area (Å²) in [7, 11) is 0. The number of rotatable bonds is 9. The third-order valence-electron chi connectivity index (χ3n) is 4.78. The fraction of sp³-hybridized carbons (Fsp3) is 0.480. The predicted molar refractivity (Wildman–Crippen MR) is 123 cm³/mol. The summed E-state index contributed by atoms with van der Waals surface area (Å²) in [6.45, 7) is 8.64. The van der Waals surface area contributed by atoms with Gasteiger partial charge >= 0.3 is 12.0 Å². The second-order valence-corrected chi connectivity index (χ2v) is 9.55. The van der Waals surface area contributed by atoms with E-state index in [4.69, 9.17) is 4.74 Å². The lowest BCUT2D eigenvalue weighted by Crippen LogP contribution is -2.55. The topological polar surface area (TPSA) is 119 Å². The minimum absolute atomic E-state index is 0.0171. The van der Waals surface area contributed by atoms with Gasteiger partial charge in [-0.3, -0.25) is 0 Å². The van der Waals surface area contributed by atoms with Crippen molar-refractivity contribution in [2.24, 2.45) is 5.92 Å². The van der Waals surface area contributed by atoms with E-state index < -0.39 is 35.7 Å². The van der Waals surface area contributed by atoms with Crippen molar-refractivity contribution in [3.63, 3.8) is 0 Å². The molecule has 180 valence electrons. The van der Waals surface area contributed by atoms with Crippen LogP contribution in [0.1, 0.15) is 40.2 Å². The number of hydrogen-bond acceptors (Lipinski definition) is 6. The van der Waals surface area contributed by atoms with Gasteiger partial charge in [0.25, 0.3) is 0 Å². The van der Waals surface area contributed by atoms with Crippen LogP contribution in [0.4, 0.5) is 4.79 Å². The van der Waals surface area contributed by atoms with Gasteiger partial charge in [0, 0.05) is 6.54 Å². The molecule has 0 heterocycles. The van der Waals surface area contributed by atoms with Crippen LogP contribution in [0.25, 0.3) is 10.8 Å². The Labute approximate surface area is 194 Å². The van der Waals surface area contributed by atoms with E-state index in [1.807, 2.05) is 56.3 Å². The van der Waals surface area contributed by atoms with Gasteiger partial charge in [-0.2, -0.15) is 0 Å². The molecular weight excluding hydrogens is 424 g/mol. The third-order valence-corrected chi connectivity index (χ3v) is 4.78. The molecule has 2 N–H and O–H groups in total. The molecule has 0 saturated heterocycles. The van der Waals surface area contributed by atoms with Crippen LogP contribution < -0.4 is 10.4 Å². The summed E-state index contributed by atoms with van der Waals surface area (Å²) in [5, 5.41) is 26.5. The van der Waals surface area contributed by atoms with Gasteiger partial charge in [0.1, 0.15) is 5.60 Å². The van der Waals surface area contributed by atoms with Crippen LogP contribution in [-0.2, 0) is 20.7 Å². The lowest BCUT2D eigenvalue weighted by molar-refractivity contribution is -0.308. The largest absolute Gasteiger partial charge is 0.548 e. The monoisotopic (exact) mass is 457 g/mol. The number of carbonyl (C=O) groups is 3. The number of nitrogens with zero attached hydrogens (tertiary/aromatic N) is 1. The molecule has 0 aliphatic heterocycles. The number of hydrogen-bond donors (Lipinski definition) is 2. The summed E-state index contributed by atoms with van der Waals surface area (Å²) in [6, 6.07) is 11.3. The zero-order valence-corrected chi connectivity index (χ0v) is 19.8. The number of carbonyl (C=O) groups excluding carboxylic acids is 3. The van der Waals surface area contributed by atoms with Gasteiger partial charge in [0.05, 0.1) is 18.6 Å². The van der Waals surface area contributed by atoms with Crippen LogP contribution in [0.2, 0.25) is 0 Å². The van der Waals surface area contributed by atoms with Crippen molar-refractivity contribution in [2.75, 3.05) is 13.1 Å². The van der Waals surface area contributed by atoms with E-state index in [-0.39, 0.29) is 25.4 Å². The number of urea groups is 1. The number of amides is 2. The molecule has 0 bridgehead atoms. The van der Waals surface area contributed by atoms with Gasteiger partial charge in [0.2, 0.25) is 0 Å². The quantitative estimate of drug-likeness (QED) is 0.555. The van der Waals surface area contributed by atoms with Crippen molar-refractivity contribution in [3.05, 3.63) is 48.0 Å². The highest BCUT2D eigenvalue weighted by atomic mass is 16.6. The first-order valence-electron chi connectivity index (χ1n) is 11.0. The van der Waals surface area contributed by atoms with Gasteiger partial charge in [-0.1, -0.05) is 56.3 Å². The minimum Gasteiger partial charge on any atom is -0.548 e. The molecule has 0 spiro atoms. The standard InChI is InChI=1S/C25H34N2O6/c1-16(2)14-27(15-21(28)23(31)33-25(3,4)5)24(32)26-20(22(29)30)13-17-10-11-18-8-6-7-9-19(18)12-17/h6-12,16,20-21,28H,13-15H2,1-5H3,(H,26,32)(H,29,30)/p-1/t20-,21?/m0/s1. The maximum absolute atomic E-state index is 12.9. The second kappa shape index (κ2) is 11.1. The zero-order valence-electron chi connectivity index (χ0n) is 19.8. The fourth-order valence-electron chi connectivity index (χ4n) is 3.37. The second-order valence-electron chi connectivity index (χ2n) is 9.55. The highest BCUT2D eigenvalue weighted by Gasteiger charge is 2.28. The molecule has 8 heteroatoms. The first-order valence-corrected chi connectivity index (χ1v) is 11.0. The average Bonchev–Trinajstić information content (AvgIpc) is 2.70. The van der Waals surface area contributed by atoms with Crippen LogP contribution in [0.3, 0.4) is 0 Å². The number of aliphatic carboxylic acids is 1. The van der Waals surface area contributed by atoms with Crippen LogP contribution in [0.15, 0.2) is 42.5 Å². The smallest absolute Gasteiger partial charge is 0.337 e. The molecule has 2 atom stereocenters. The van der Waals surface area contributed by atoms with Crippen LogP contribution in [-0.4, -0.2) is 58.8 Å². The van der Waals surface area contributed by atoms with E-state index in [9.17, 15) is 24.6 Å².